The number of esters is 1. The first kappa shape index (κ1) is 43.2. The number of amides is 5. The van der Waals surface area contributed by atoms with E-state index in [9.17, 15) is 28.8 Å². The van der Waals surface area contributed by atoms with Crippen molar-refractivity contribution in [3.05, 3.63) is 53.1 Å². The van der Waals surface area contributed by atoms with Crippen molar-refractivity contribution < 1.29 is 47.4 Å². The third-order valence-electron chi connectivity index (χ3n) is 12.7. The number of alkyl carbamates (subject to hydrolysis) is 1. The van der Waals surface area contributed by atoms with Crippen molar-refractivity contribution in [2.75, 3.05) is 31.6 Å². The summed E-state index contributed by atoms with van der Waals surface area (Å²) in [5.74, 6) is -1.71. The Bertz CT molecular complexity index is 1840. The second-order valence-corrected chi connectivity index (χ2v) is 22.8. The first-order valence-electron chi connectivity index (χ1n) is 20.8. The number of hydrogen-bond donors (Lipinski definition) is 3. The first-order valence-corrected chi connectivity index (χ1v) is 23.7. The Labute approximate surface area is 342 Å². The third kappa shape index (κ3) is 9.74. The molecule has 2 unspecified atom stereocenters. The highest BCUT2D eigenvalue weighted by Gasteiger charge is 2.46. The van der Waals surface area contributed by atoms with Gasteiger partial charge in [0, 0.05) is 37.5 Å². The molecule has 2 saturated heterocycles. The molecular weight excluding hydrogens is 761 g/mol. The second kappa shape index (κ2) is 17.9. The van der Waals surface area contributed by atoms with E-state index >= 15 is 0 Å². The van der Waals surface area contributed by atoms with E-state index in [-0.39, 0.29) is 96.7 Å². The van der Waals surface area contributed by atoms with Gasteiger partial charge in [0.1, 0.15) is 18.2 Å². The van der Waals surface area contributed by atoms with Gasteiger partial charge in [-0.2, -0.15) is 0 Å². The molecule has 2 fully saturated rings. The van der Waals surface area contributed by atoms with Gasteiger partial charge in [0.15, 0.2) is 8.32 Å². The minimum Gasteiger partial charge on any atom is -0.462 e. The standard InChI is InChI=1S/C43H60N4O10Si/c1-25-21-27-12-11-26(2)30(14-13-28-23-29(24-36(49)55-28)57-58(6,7)43(3,4)5)37(27)34(22-25)56-42(53)45-18-20-54-19-17-44-32-10-8-9-31-38(32)41(52)47(40(31)51)33-15-16-35(48)46-39(33)50/h8-12,21,25-26,28-30,33-34,37,44H,13-20,22-24H2,1-7H3,(H,45,53)(H,46,48,50)/t25-,26-,28+,29+,30?,33?,34-,37-/m0/s1. The molecule has 15 heteroatoms. The number of imide groups is 2. The number of carbonyl (C=O) groups excluding carboxylic acids is 6. The van der Waals surface area contributed by atoms with Crippen LogP contribution >= 0.6 is 0 Å². The lowest BCUT2D eigenvalue weighted by Gasteiger charge is -2.44. The number of anilines is 1. The van der Waals surface area contributed by atoms with Gasteiger partial charge in [-0.25, -0.2) is 4.79 Å². The Morgan fingerprint density at radius 2 is 1.78 bits per heavy atom. The van der Waals surface area contributed by atoms with Crippen LogP contribution in [0.3, 0.4) is 0 Å². The largest absolute Gasteiger partial charge is 0.462 e. The summed E-state index contributed by atoms with van der Waals surface area (Å²) in [4.78, 5) is 77.3. The van der Waals surface area contributed by atoms with Gasteiger partial charge in [0.05, 0.1) is 36.9 Å². The summed E-state index contributed by atoms with van der Waals surface area (Å²) in [6.07, 6.45) is 8.91. The van der Waals surface area contributed by atoms with Crippen molar-refractivity contribution in [1.29, 1.82) is 0 Å². The molecule has 0 radical (unpaired) electrons. The molecule has 316 valence electrons. The average Bonchev–Trinajstić information content (AvgIpc) is 3.39. The van der Waals surface area contributed by atoms with Gasteiger partial charge < -0.3 is 29.3 Å². The maximum Gasteiger partial charge on any atom is 0.407 e. The molecule has 0 bridgehead atoms. The fourth-order valence-corrected chi connectivity index (χ4v) is 10.1. The number of nitrogens with zero attached hydrogens (tertiary/aromatic N) is 1. The average molecular weight is 821 g/mol. The number of benzene rings is 1. The van der Waals surface area contributed by atoms with Crippen molar-refractivity contribution in [2.24, 2.45) is 23.7 Å². The van der Waals surface area contributed by atoms with Crippen LogP contribution in [0, 0.1) is 23.7 Å². The molecule has 5 aliphatic rings. The van der Waals surface area contributed by atoms with Crippen molar-refractivity contribution in [2.45, 2.75) is 122 Å². The number of rotatable bonds is 14. The summed E-state index contributed by atoms with van der Waals surface area (Å²) in [5, 5.41) is 8.23. The highest BCUT2D eigenvalue weighted by molar-refractivity contribution is 6.74. The zero-order valence-corrected chi connectivity index (χ0v) is 35.9. The van der Waals surface area contributed by atoms with Crippen LogP contribution < -0.4 is 16.0 Å². The van der Waals surface area contributed by atoms with Gasteiger partial charge >= 0.3 is 12.1 Å². The second-order valence-electron chi connectivity index (χ2n) is 18.0. The van der Waals surface area contributed by atoms with Gasteiger partial charge in [-0.3, -0.25) is 34.2 Å². The molecule has 14 nitrogen and oxygen atoms in total. The molecule has 1 aromatic carbocycles. The van der Waals surface area contributed by atoms with Crippen molar-refractivity contribution in [3.8, 4) is 0 Å². The Morgan fingerprint density at radius 1 is 1.02 bits per heavy atom. The zero-order valence-electron chi connectivity index (χ0n) is 34.9. The van der Waals surface area contributed by atoms with Crippen LogP contribution in [-0.4, -0.2) is 99.6 Å². The summed E-state index contributed by atoms with van der Waals surface area (Å²) in [6, 6.07) is 3.84. The number of fused-ring (bicyclic) bond motifs is 2. The van der Waals surface area contributed by atoms with E-state index in [1.165, 1.54) is 5.57 Å². The van der Waals surface area contributed by atoms with Crippen LogP contribution in [0.25, 0.3) is 0 Å². The van der Waals surface area contributed by atoms with E-state index in [0.29, 0.717) is 31.5 Å². The lowest BCUT2D eigenvalue weighted by atomic mass is 9.65. The molecule has 5 amide bonds. The summed E-state index contributed by atoms with van der Waals surface area (Å²) in [7, 11) is -2.05. The predicted octanol–water partition coefficient (Wildman–Crippen LogP) is 5.89. The number of nitrogens with one attached hydrogen (secondary N) is 3. The van der Waals surface area contributed by atoms with Gasteiger partial charge in [0.2, 0.25) is 11.8 Å². The summed E-state index contributed by atoms with van der Waals surface area (Å²) < 4.78 is 24.4. The molecule has 8 atom stereocenters. The van der Waals surface area contributed by atoms with E-state index in [0.717, 1.165) is 17.7 Å². The van der Waals surface area contributed by atoms with E-state index in [1.807, 2.05) is 0 Å². The summed E-state index contributed by atoms with van der Waals surface area (Å²) in [5.41, 5.74) is 2.00. The van der Waals surface area contributed by atoms with Gasteiger partial charge in [-0.05, 0) is 79.3 Å². The highest BCUT2D eigenvalue weighted by atomic mass is 28.4. The molecule has 3 heterocycles. The molecule has 3 aliphatic heterocycles. The Kier molecular flexibility index (Phi) is 13.3. The third-order valence-corrected chi connectivity index (χ3v) is 17.2. The topological polar surface area (TPSA) is 179 Å². The number of carbonyl (C=O) groups is 6. The van der Waals surface area contributed by atoms with E-state index < -0.39 is 44.1 Å². The number of allylic oxidation sites excluding steroid dienone is 3. The monoisotopic (exact) mass is 820 g/mol. The molecule has 58 heavy (non-hydrogen) atoms. The molecule has 0 aromatic heterocycles. The first-order chi connectivity index (χ1) is 27.4. The minimum absolute atomic E-state index is 0.0283. The SMILES string of the molecule is C[C@H]1C=C2C=C[C@H](C)C(CC[C@@H]3C[C@@H](O[Si](C)(C)C(C)(C)C)CC(=O)O3)[C@H]2[C@@H](OC(=O)NCCOCCNc2cccc3c2C(=O)N(C2CCC(=O)NC2=O)C3=O)C1. The molecule has 0 saturated carbocycles. The van der Waals surface area contributed by atoms with Crippen molar-refractivity contribution in [3.63, 3.8) is 0 Å². The quantitative estimate of drug-likeness (QED) is 0.0882. The molecular formula is C43H60N4O10Si. The fraction of sp³-hybridized carbons (Fsp3) is 0.628. The number of hydrogen-bond acceptors (Lipinski definition) is 11. The van der Waals surface area contributed by atoms with Gasteiger partial charge in [0.25, 0.3) is 11.8 Å². The highest BCUT2D eigenvalue weighted by Crippen LogP contribution is 2.46. The van der Waals surface area contributed by atoms with E-state index in [2.05, 4.69) is 81.9 Å². The lowest BCUT2D eigenvalue weighted by Crippen LogP contribution is -2.54. The zero-order chi connectivity index (χ0) is 41.9. The Morgan fingerprint density at radius 3 is 2.52 bits per heavy atom. The van der Waals surface area contributed by atoms with Crippen LogP contribution in [-0.2, 0) is 33.0 Å². The van der Waals surface area contributed by atoms with Crippen molar-refractivity contribution >= 4 is 49.7 Å². The summed E-state index contributed by atoms with van der Waals surface area (Å²) in [6.45, 7) is 16.4. The van der Waals surface area contributed by atoms with Crippen LogP contribution in [0.2, 0.25) is 18.1 Å². The minimum atomic E-state index is -2.05. The smallest absolute Gasteiger partial charge is 0.407 e. The van der Waals surface area contributed by atoms with E-state index in [4.69, 9.17) is 18.6 Å². The molecule has 3 N–H and O–H groups in total. The lowest BCUT2D eigenvalue weighted by molar-refractivity contribution is -0.160. The van der Waals surface area contributed by atoms with Gasteiger partial charge in [-0.15, -0.1) is 0 Å². The molecule has 1 aromatic rings. The summed E-state index contributed by atoms with van der Waals surface area (Å²) >= 11 is 0. The van der Waals surface area contributed by atoms with Gasteiger partial charge in [-0.1, -0.05) is 58.9 Å². The fourth-order valence-electron chi connectivity index (χ4n) is 8.73. The van der Waals surface area contributed by atoms with Crippen LogP contribution in [0.4, 0.5) is 10.5 Å². The molecule has 0 spiro atoms. The molecule has 6 rings (SSSR count). The number of cyclic esters (lactones) is 1. The number of ether oxygens (including phenoxy) is 3. The van der Waals surface area contributed by atoms with E-state index in [1.54, 1.807) is 18.2 Å². The number of piperidine rings is 1. The molecule has 2 aliphatic carbocycles. The Hall–Kier alpha value is -4.34. The normalized spacial score (nSPS) is 28.6. The van der Waals surface area contributed by atoms with Crippen LogP contribution in [0.1, 0.15) is 100 Å². The Balaban J connectivity index is 0.960. The predicted molar refractivity (Wildman–Crippen MR) is 218 cm³/mol. The maximum atomic E-state index is 13.3. The van der Waals surface area contributed by atoms with Crippen LogP contribution in [0.5, 0.6) is 0 Å². The van der Waals surface area contributed by atoms with Crippen molar-refractivity contribution in [1.82, 2.24) is 15.5 Å². The maximum absolute atomic E-state index is 13.3. The van der Waals surface area contributed by atoms with Crippen LogP contribution in [0.15, 0.2) is 42.0 Å².